The van der Waals surface area contributed by atoms with Gasteiger partial charge in [-0.05, 0) is 18.4 Å². The first kappa shape index (κ1) is 14.7. The molecule has 1 aliphatic rings. The van der Waals surface area contributed by atoms with Crippen LogP contribution in [0.4, 0.5) is 0 Å². The van der Waals surface area contributed by atoms with E-state index in [-0.39, 0.29) is 35.2 Å². The minimum Gasteiger partial charge on any atom is -0.350 e. The number of nitrogens with one attached hydrogen (secondary N) is 2. The topological polar surface area (TPSA) is 109 Å². The zero-order valence-electron chi connectivity index (χ0n) is 11.7. The van der Waals surface area contributed by atoms with E-state index in [1.54, 1.807) is 24.3 Å². The van der Waals surface area contributed by atoms with E-state index in [0.717, 1.165) is 0 Å². The first-order valence-corrected chi connectivity index (χ1v) is 8.74. The Morgan fingerprint density at radius 3 is 2.73 bits per heavy atom. The fourth-order valence-electron chi connectivity index (χ4n) is 2.64. The molecule has 8 heteroatoms. The number of hydrogen-bond acceptors (Lipinski definition) is 5. The molecule has 1 saturated heterocycles. The van der Waals surface area contributed by atoms with E-state index in [0.29, 0.717) is 17.2 Å². The highest BCUT2D eigenvalue weighted by molar-refractivity contribution is 7.91. The summed E-state index contributed by atoms with van der Waals surface area (Å²) in [5.74, 6) is -0.208. The second kappa shape index (κ2) is 5.53. The summed E-state index contributed by atoms with van der Waals surface area (Å²) in [6.45, 7) is 0.285. The minimum atomic E-state index is -2.96. The minimum absolute atomic E-state index is 0.0667. The Morgan fingerprint density at radius 1 is 1.32 bits per heavy atom. The molecule has 116 valence electrons. The molecular weight excluding hydrogens is 306 g/mol. The lowest BCUT2D eigenvalue weighted by atomic mass is 10.1. The summed E-state index contributed by atoms with van der Waals surface area (Å²) >= 11 is 0. The predicted molar refractivity (Wildman–Crippen MR) is 81.5 cm³/mol. The van der Waals surface area contributed by atoms with E-state index >= 15 is 0 Å². The number of aromatic nitrogens is 2. The molecule has 22 heavy (non-hydrogen) atoms. The summed E-state index contributed by atoms with van der Waals surface area (Å²) in [4.78, 5) is 23.9. The van der Waals surface area contributed by atoms with E-state index < -0.39 is 15.7 Å². The lowest BCUT2D eigenvalue weighted by molar-refractivity contribution is 0.0944. The number of carbonyl (C=O) groups is 1. The third-order valence-electron chi connectivity index (χ3n) is 3.79. The third kappa shape index (κ3) is 2.87. The van der Waals surface area contributed by atoms with Crippen LogP contribution in [0.25, 0.3) is 10.8 Å². The van der Waals surface area contributed by atoms with Gasteiger partial charge in [-0.1, -0.05) is 18.2 Å². The van der Waals surface area contributed by atoms with Gasteiger partial charge in [0.25, 0.3) is 11.5 Å². The zero-order chi connectivity index (χ0) is 15.7. The van der Waals surface area contributed by atoms with Gasteiger partial charge in [0.2, 0.25) is 0 Å². The summed E-state index contributed by atoms with van der Waals surface area (Å²) in [6.07, 6.45) is 0.558. The van der Waals surface area contributed by atoms with Crippen molar-refractivity contribution in [3.8, 4) is 0 Å². The van der Waals surface area contributed by atoms with E-state index in [1.165, 1.54) is 0 Å². The van der Waals surface area contributed by atoms with Crippen LogP contribution in [0, 0.1) is 5.92 Å². The second-order valence-corrected chi connectivity index (χ2v) is 7.65. The molecule has 0 bridgehead atoms. The summed E-state index contributed by atoms with van der Waals surface area (Å²) in [5.41, 5.74) is -0.218. The summed E-state index contributed by atoms with van der Waals surface area (Å²) in [6, 6.07) is 6.72. The highest BCUT2D eigenvalue weighted by Gasteiger charge is 2.28. The van der Waals surface area contributed by atoms with Gasteiger partial charge in [0.05, 0.1) is 16.9 Å². The average molecular weight is 321 g/mol. The van der Waals surface area contributed by atoms with Gasteiger partial charge in [-0.25, -0.2) is 13.5 Å². The lowest BCUT2D eigenvalue weighted by Gasteiger charge is -2.10. The van der Waals surface area contributed by atoms with Gasteiger partial charge in [-0.2, -0.15) is 5.10 Å². The molecule has 2 N–H and O–H groups in total. The van der Waals surface area contributed by atoms with Crippen LogP contribution in [0.15, 0.2) is 29.1 Å². The molecule has 2 heterocycles. The Bertz CT molecular complexity index is 888. The lowest BCUT2D eigenvalue weighted by Crippen LogP contribution is -2.31. The second-order valence-electron chi connectivity index (χ2n) is 5.43. The van der Waals surface area contributed by atoms with Gasteiger partial charge in [-0.15, -0.1) is 0 Å². The molecule has 1 aromatic carbocycles. The number of fused-ring (bicyclic) bond motifs is 1. The van der Waals surface area contributed by atoms with Crippen molar-refractivity contribution in [3.63, 3.8) is 0 Å². The molecule has 2 aromatic rings. The fraction of sp³-hybridized carbons (Fsp3) is 0.357. The van der Waals surface area contributed by atoms with E-state index in [2.05, 4.69) is 15.5 Å². The van der Waals surface area contributed by atoms with Crippen LogP contribution in [0.2, 0.25) is 0 Å². The average Bonchev–Trinajstić information content (AvgIpc) is 2.85. The van der Waals surface area contributed by atoms with Crippen LogP contribution >= 0.6 is 0 Å². The Morgan fingerprint density at radius 2 is 2.05 bits per heavy atom. The maximum Gasteiger partial charge on any atom is 0.272 e. The van der Waals surface area contributed by atoms with Crippen molar-refractivity contribution in [2.24, 2.45) is 5.92 Å². The van der Waals surface area contributed by atoms with Crippen molar-refractivity contribution in [1.82, 2.24) is 15.5 Å². The SMILES string of the molecule is O=C(NC[C@@H]1CCS(=O)(=O)C1)c1n[nH]c(=O)c2ccccc12. The first-order chi connectivity index (χ1) is 10.5. The van der Waals surface area contributed by atoms with Crippen molar-refractivity contribution in [1.29, 1.82) is 0 Å². The molecule has 1 amide bonds. The zero-order valence-corrected chi connectivity index (χ0v) is 12.5. The van der Waals surface area contributed by atoms with Crippen molar-refractivity contribution in [2.75, 3.05) is 18.1 Å². The maximum atomic E-state index is 12.2. The van der Waals surface area contributed by atoms with Gasteiger partial charge >= 0.3 is 0 Å². The molecule has 0 aliphatic carbocycles. The number of carbonyl (C=O) groups excluding carboxylic acids is 1. The van der Waals surface area contributed by atoms with Crippen LogP contribution < -0.4 is 10.9 Å². The molecular formula is C14H15N3O4S. The highest BCUT2D eigenvalue weighted by Crippen LogP contribution is 2.18. The Hall–Kier alpha value is -2.22. The van der Waals surface area contributed by atoms with Crippen molar-refractivity contribution < 1.29 is 13.2 Å². The van der Waals surface area contributed by atoms with Gasteiger partial charge in [0.15, 0.2) is 15.5 Å². The van der Waals surface area contributed by atoms with Gasteiger partial charge in [0.1, 0.15) is 0 Å². The van der Waals surface area contributed by atoms with Crippen LogP contribution in [0.1, 0.15) is 16.9 Å². The molecule has 0 spiro atoms. The third-order valence-corrected chi connectivity index (χ3v) is 5.63. The van der Waals surface area contributed by atoms with Crippen LogP contribution in [0.5, 0.6) is 0 Å². The first-order valence-electron chi connectivity index (χ1n) is 6.92. The van der Waals surface area contributed by atoms with Crippen LogP contribution in [-0.2, 0) is 9.84 Å². The molecule has 0 unspecified atom stereocenters. The molecule has 3 rings (SSSR count). The Balaban J connectivity index is 1.79. The number of benzene rings is 1. The molecule has 0 saturated carbocycles. The van der Waals surface area contributed by atoms with Gasteiger partial charge in [0, 0.05) is 11.9 Å². The smallest absolute Gasteiger partial charge is 0.272 e. The molecule has 0 radical (unpaired) electrons. The van der Waals surface area contributed by atoms with E-state index in [1.807, 2.05) is 0 Å². The van der Waals surface area contributed by atoms with Gasteiger partial charge in [-0.3, -0.25) is 9.59 Å². The Labute approximate surface area is 126 Å². The molecule has 1 atom stereocenters. The number of H-pyrrole nitrogens is 1. The van der Waals surface area contributed by atoms with Gasteiger partial charge < -0.3 is 5.32 Å². The number of nitrogens with zero attached hydrogens (tertiary/aromatic N) is 1. The van der Waals surface area contributed by atoms with Crippen molar-refractivity contribution >= 4 is 26.5 Å². The maximum absolute atomic E-state index is 12.2. The highest BCUT2D eigenvalue weighted by atomic mass is 32.2. The molecule has 1 aromatic heterocycles. The number of hydrogen-bond donors (Lipinski definition) is 2. The summed E-state index contributed by atoms with van der Waals surface area (Å²) < 4.78 is 22.8. The fourth-order valence-corrected chi connectivity index (χ4v) is 4.50. The number of sulfone groups is 1. The summed E-state index contributed by atoms with van der Waals surface area (Å²) in [7, 11) is -2.96. The summed E-state index contributed by atoms with van der Waals surface area (Å²) in [5, 5.41) is 9.69. The number of rotatable bonds is 3. The standard InChI is InChI=1S/C14H15N3O4S/c18-13-11-4-2-1-3-10(11)12(16-17-13)14(19)15-7-9-5-6-22(20,21)8-9/h1-4,9H,5-8H2,(H,15,19)(H,17,18)/t9-/m0/s1. The van der Waals surface area contributed by atoms with Crippen molar-refractivity contribution in [3.05, 3.63) is 40.3 Å². The van der Waals surface area contributed by atoms with E-state index in [9.17, 15) is 18.0 Å². The van der Waals surface area contributed by atoms with Crippen LogP contribution in [0.3, 0.4) is 0 Å². The monoisotopic (exact) mass is 321 g/mol. The molecule has 1 fully saturated rings. The number of aromatic amines is 1. The quantitative estimate of drug-likeness (QED) is 0.832. The number of amides is 1. The molecule has 1 aliphatic heterocycles. The van der Waals surface area contributed by atoms with E-state index in [4.69, 9.17) is 0 Å². The predicted octanol–water partition coefficient (Wildman–Crippen LogP) is 0.0876. The molecule has 7 nitrogen and oxygen atoms in total. The Kier molecular flexibility index (Phi) is 3.69. The normalized spacial score (nSPS) is 20.1. The van der Waals surface area contributed by atoms with Crippen molar-refractivity contribution in [2.45, 2.75) is 6.42 Å². The largest absolute Gasteiger partial charge is 0.350 e. The van der Waals surface area contributed by atoms with Crippen LogP contribution in [-0.4, -0.2) is 42.6 Å².